The molecule has 3 rings (SSSR count). The first-order chi connectivity index (χ1) is 10.8. The molecular formula is C15H6F5NO2. The van der Waals surface area contributed by atoms with Crippen molar-refractivity contribution in [2.75, 3.05) is 0 Å². The van der Waals surface area contributed by atoms with Crippen LogP contribution in [0, 0.1) is 11.6 Å². The van der Waals surface area contributed by atoms with Crippen LogP contribution in [-0.2, 0) is 6.18 Å². The van der Waals surface area contributed by atoms with Crippen molar-refractivity contribution in [3.8, 4) is 11.5 Å². The summed E-state index contributed by atoms with van der Waals surface area (Å²) in [5.74, 6) is -2.82. The SMILES string of the molecule is O=c1oc(-c2c(F)cccc2F)nc2cccc(C(F)(F)F)c12. The third-order valence-electron chi connectivity index (χ3n) is 3.14. The summed E-state index contributed by atoms with van der Waals surface area (Å²) >= 11 is 0. The van der Waals surface area contributed by atoms with Crippen molar-refractivity contribution in [1.82, 2.24) is 4.98 Å². The van der Waals surface area contributed by atoms with Crippen LogP contribution in [0.5, 0.6) is 0 Å². The fourth-order valence-electron chi connectivity index (χ4n) is 2.16. The standard InChI is InChI=1S/C15H6F5NO2/c16-8-4-2-5-9(17)12(8)13-21-10-6-1-3-7(15(18,19)20)11(10)14(22)23-13/h1-6H. The Kier molecular flexibility index (Phi) is 3.39. The molecule has 0 saturated carbocycles. The number of rotatable bonds is 1. The lowest BCUT2D eigenvalue weighted by Crippen LogP contribution is -2.13. The number of hydrogen-bond donors (Lipinski definition) is 0. The Morgan fingerprint density at radius 1 is 0.957 bits per heavy atom. The maximum Gasteiger partial charge on any atom is 0.417 e. The summed E-state index contributed by atoms with van der Waals surface area (Å²) in [5, 5.41) is -0.791. The van der Waals surface area contributed by atoms with Gasteiger partial charge in [0.1, 0.15) is 17.2 Å². The summed E-state index contributed by atoms with van der Waals surface area (Å²) < 4.78 is 70.8. The zero-order chi connectivity index (χ0) is 16.8. The second-order valence-corrected chi connectivity index (χ2v) is 4.60. The van der Waals surface area contributed by atoms with Crippen LogP contribution in [0.2, 0.25) is 0 Å². The number of aromatic nitrogens is 1. The van der Waals surface area contributed by atoms with Crippen LogP contribution in [0.4, 0.5) is 22.0 Å². The maximum atomic E-state index is 13.7. The van der Waals surface area contributed by atoms with Gasteiger partial charge in [0, 0.05) is 0 Å². The Morgan fingerprint density at radius 2 is 1.57 bits per heavy atom. The lowest BCUT2D eigenvalue weighted by atomic mass is 10.1. The van der Waals surface area contributed by atoms with E-state index in [0.717, 1.165) is 30.3 Å². The summed E-state index contributed by atoms with van der Waals surface area (Å²) in [6, 6.07) is 5.79. The molecule has 0 amide bonds. The number of benzene rings is 2. The topological polar surface area (TPSA) is 43.1 Å². The second-order valence-electron chi connectivity index (χ2n) is 4.60. The van der Waals surface area contributed by atoms with Gasteiger partial charge >= 0.3 is 11.8 Å². The molecule has 3 nitrogen and oxygen atoms in total. The number of fused-ring (bicyclic) bond motifs is 1. The monoisotopic (exact) mass is 327 g/mol. The van der Waals surface area contributed by atoms with E-state index in [-0.39, 0.29) is 5.52 Å². The van der Waals surface area contributed by atoms with E-state index in [0.29, 0.717) is 6.07 Å². The van der Waals surface area contributed by atoms with Gasteiger partial charge in [0.2, 0.25) is 5.89 Å². The van der Waals surface area contributed by atoms with E-state index in [1.807, 2.05) is 0 Å². The molecule has 0 N–H and O–H groups in total. The molecule has 0 saturated heterocycles. The van der Waals surface area contributed by atoms with Crippen molar-refractivity contribution in [3.63, 3.8) is 0 Å². The van der Waals surface area contributed by atoms with Gasteiger partial charge in [0.05, 0.1) is 16.5 Å². The van der Waals surface area contributed by atoms with Crippen LogP contribution >= 0.6 is 0 Å². The van der Waals surface area contributed by atoms with E-state index in [1.165, 1.54) is 0 Å². The first kappa shape index (κ1) is 15.1. The minimum atomic E-state index is -4.79. The fourth-order valence-corrected chi connectivity index (χ4v) is 2.16. The average molecular weight is 327 g/mol. The molecule has 23 heavy (non-hydrogen) atoms. The van der Waals surface area contributed by atoms with Crippen LogP contribution in [0.15, 0.2) is 45.6 Å². The molecule has 0 aliphatic carbocycles. The minimum Gasteiger partial charge on any atom is -0.403 e. The molecule has 0 radical (unpaired) electrons. The van der Waals surface area contributed by atoms with Gasteiger partial charge in [0.25, 0.3) is 0 Å². The molecule has 8 heteroatoms. The molecule has 0 spiro atoms. The highest BCUT2D eigenvalue weighted by atomic mass is 19.4. The molecule has 0 unspecified atom stereocenters. The van der Waals surface area contributed by atoms with E-state index in [1.54, 1.807) is 0 Å². The van der Waals surface area contributed by atoms with Crippen molar-refractivity contribution < 1.29 is 26.4 Å². The maximum absolute atomic E-state index is 13.7. The molecule has 0 bridgehead atoms. The first-order valence-electron chi connectivity index (χ1n) is 6.24. The number of halogens is 5. The Labute approximate surface area is 125 Å². The highest BCUT2D eigenvalue weighted by Gasteiger charge is 2.34. The molecule has 0 aliphatic heterocycles. The van der Waals surface area contributed by atoms with Crippen LogP contribution in [0.1, 0.15) is 5.56 Å². The Bertz CT molecular complexity index is 942. The van der Waals surface area contributed by atoms with Gasteiger partial charge in [-0.15, -0.1) is 0 Å². The summed E-state index contributed by atoms with van der Waals surface area (Å²) in [4.78, 5) is 15.6. The zero-order valence-corrected chi connectivity index (χ0v) is 11.1. The average Bonchev–Trinajstić information content (AvgIpc) is 2.45. The van der Waals surface area contributed by atoms with Crippen LogP contribution in [0.25, 0.3) is 22.4 Å². The van der Waals surface area contributed by atoms with Crippen molar-refractivity contribution >= 4 is 10.9 Å². The molecule has 3 aromatic rings. The fraction of sp³-hybridized carbons (Fsp3) is 0.0667. The first-order valence-corrected chi connectivity index (χ1v) is 6.24. The van der Waals surface area contributed by atoms with Crippen LogP contribution < -0.4 is 5.63 Å². The Morgan fingerprint density at radius 3 is 2.17 bits per heavy atom. The molecule has 0 fully saturated rings. The molecule has 0 atom stereocenters. The van der Waals surface area contributed by atoms with Gasteiger partial charge in [-0.1, -0.05) is 12.1 Å². The van der Waals surface area contributed by atoms with E-state index in [9.17, 15) is 26.7 Å². The van der Waals surface area contributed by atoms with Crippen molar-refractivity contribution in [2.45, 2.75) is 6.18 Å². The lowest BCUT2D eigenvalue weighted by Gasteiger charge is -2.09. The van der Waals surface area contributed by atoms with Gasteiger partial charge in [-0.25, -0.2) is 18.6 Å². The smallest absolute Gasteiger partial charge is 0.403 e. The second kappa shape index (κ2) is 5.15. The lowest BCUT2D eigenvalue weighted by molar-refractivity contribution is -0.136. The van der Waals surface area contributed by atoms with E-state index < -0.39 is 45.8 Å². The third-order valence-corrected chi connectivity index (χ3v) is 3.14. The van der Waals surface area contributed by atoms with Gasteiger partial charge < -0.3 is 4.42 Å². The molecule has 0 aliphatic rings. The van der Waals surface area contributed by atoms with E-state index in [4.69, 9.17) is 0 Å². The van der Waals surface area contributed by atoms with Crippen LogP contribution in [-0.4, -0.2) is 4.98 Å². The van der Waals surface area contributed by atoms with E-state index in [2.05, 4.69) is 9.40 Å². The number of alkyl halides is 3. The summed E-state index contributed by atoms with van der Waals surface area (Å²) in [6.45, 7) is 0. The third kappa shape index (κ3) is 2.56. The quantitative estimate of drug-likeness (QED) is 0.631. The number of hydrogen-bond acceptors (Lipinski definition) is 3. The van der Waals surface area contributed by atoms with Crippen LogP contribution in [0.3, 0.4) is 0 Å². The summed E-state index contributed by atoms with van der Waals surface area (Å²) in [7, 11) is 0. The van der Waals surface area contributed by atoms with Gasteiger partial charge in [-0.3, -0.25) is 0 Å². The zero-order valence-electron chi connectivity index (χ0n) is 11.1. The molecule has 118 valence electrons. The Hall–Kier alpha value is -2.77. The summed E-state index contributed by atoms with van der Waals surface area (Å²) in [6.07, 6.45) is -4.79. The summed E-state index contributed by atoms with van der Waals surface area (Å²) in [5.41, 5.74) is -3.69. The number of nitrogens with zero attached hydrogens (tertiary/aromatic N) is 1. The van der Waals surface area contributed by atoms with Crippen molar-refractivity contribution in [1.29, 1.82) is 0 Å². The van der Waals surface area contributed by atoms with Gasteiger partial charge in [-0.05, 0) is 24.3 Å². The highest BCUT2D eigenvalue weighted by Crippen LogP contribution is 2.33. The normalized spacial score (nSPS) is 11.9. The van der Waals surface area contributed by atoms with Gasteiger partial charge in [0.15, 0.2) is 0 Å². The largest absolute Gasteiger partial charge is 0.417 e. The van der Waals surface area contributed by atoms with Crippen molar-refractivity contribution in [2.24, 2.45) is 0 Å². The molecule has 2 aromatic carbocycles. The molecule has 1 heterocycles. The predicted molar refractivity (Wildman–Crippen MR) is 70.6 cm³/mol. The van der Waals surface area contributed by atoms with E-state index >= 15 is 0 Å². The predicted octanol–water partition coefficient (Wildman–Crippen LogP) is 4.15. The molecule has 1 aromatic heterocycles. The Balaban J connectivity index is 2.35. The minimum absolute atomic E-state index is 0.367. The van der Waals surface area contributed by atoms with Crippen molar-refractivity contribution in [3.05, 3.63) is 64.0 Å². The highest BCUT2D eigenvalue weighted by molar-refractivity contribution is 5.82. The molecular weight excluding hydrogens is 321 g/mol. The van der Waals surface area contributed by atoms with Gasteiger partial charge in [-0.2, -0.15) is 13.2 Å².